The molecule has 0 atom stereocenters. The van der Waals surface area contributed by atoms with Gasteiger partial charge in [-0.25, -0.2) is 0 Å². The number of halogens is 1. The third-order valence-electron chi connectivity index (χ3n) is 2.32. The Hall–Kier alpha value is -1.33. The summed E-state index contributed by atoms with van der Waals surface area (Å²) in [4.78, 5) is 11.8. The Bertz CT molecular complexity index is 498. The first-order valence-electron chi connectivity index (χ1n) is 5.70. The lowest BCUT2D eigenvalue weighted by Gasteiger charge is -2.19. The molecular weight excluding hydrogens is 284 g/mol. The van der Waals surface area contributed by atoms with Gasteiger partial charge in [0.25, 0.3) is 0 Å². The van der Waals surface area contributed by atoms with Gasteiger partial charge < -0.3 is 15.4 Å². The van der Waals surface area contributed by atoms with Gasteiger partial charge in [-0.3, -0.25) is 4.79 Å². The van der Waals surface area contributed by atoms with Crippen LogP contribution in [0, 0.1) is 5.41 Å². The number of amides is 1. The molecule has 6 heteroatoms. The monoisotopic (exact) mass is 300 g/mol. The van der Waals surface area contributed by atoms with Crippen LogP contribution >= 0.6 is 23.8 Å². The Morgan fingerprint density at radius 3 is 2.53 bits per heavy atom. The molecule has 0 aliphatic heterocycles. The molecule has 0 saturated carbocycles. The van der Waals surface area contributed by atoms with Crippen LogP contribution in [0.4, 0.5) is 5.69 Å². The zero-order valence-electron chi connectivity index (χ0n) is 11.3. The molecule has 0 unspecified atom stereocenters. The van der Waals surface area contributed by atoms with E-state index in [1.54, 1.807) is 25.3 Å². The van der Waals surface area contributed by atoms with Gasteiger partial charge in [0.2, 0.25) is 5.91 Å². The SMILES string of the molecule is COc1ccc(Cl)cc1NC(=S)NC(=O)C(C)(C)C. The van der Waals surface area contributed by atoms with Gasteiger partial charge in [-0.15, -0.1) is 0 Å². The van der Waals surface area contributed by atoms with E-state index in [1.807, 2.05) is 20.8 Å². The minimum atomic E-state index is -0.510. The molecule has 1 aromatic rings. The predicted molar refractivity (Wildman–Crippen MR) is 81.8 cm³/mol. The van der Waals surface area contributed by atoms with Crippen LogP contribution in [0.2, 0.25) is 5.02 Å². The van der Waals surface area contributed by atoms with E-state index >= 15 is 0 Å². The summed E-state index contributed by atoms with van der Waals surface area (Å²) in [6, 6.07) is 5.11. The molecule has 0 heterocycles. The highest BCUT2D eigenvalue weighted by Crippen LogP contribution is 2.27. The lowest BCUT2D eigenvalue weighted by Crippen LogP contribution is -2.41. The highest BCUT2D eigenvalue weighted by Gasteiger charge is 2.22. The summed E-state index contributed by atoms with van der Waals surface area (Å²) in [5, 5.41) is 6.28. The Kier molecular flexibility index (Phi) is 5.14. The summed E-state index contributed by atoms with van der Waals surface area (Å²) in [7, 11) is 1.55. The van der Waals surface area contributed by atoms with Crippen molar-refractivity contribution in [3.8, 4) is 5.75 Å². The van der Waals surface area contributed by atoms with Crippen LogP contribution in [-0.2, 0) is 4.79 Å². The van der Waals surface area contributed by atoms with Gasteiger partial charge in [0, 0.05) is 10.4 Å². The number of ether oxygens (including phenoxy) is 1. The molecule has 2 N–H and O–H groups in total. The molecule has 0 aliphatic carbocycles. The molecule has 0 aromatic heterocycles. The van der Waals surface area contributed by atoms with E-state index in [2.05, 4.69) is 10.6 Å². The summed E-state index contributed by atoms with van der Waals surface area (Å²) < 4.78 is 5.18. The predicted octanol–water partition coefficient (Wildman–Crippen LogP) is 3.21. The van der Waals surface area contributed by atoms with Crippen molar-refractivity contribution in [1.29, 1.82) is 0 Å². The van der Waals surface area contributed by atoms with Crippen LogP contribution in [0.5, 0.6) is 5.75 Å². The molecule has 0 aliphatic rings. The molecule has 0 radical (unpaired) electrons. The molecule has 4 nitrogen and oxygen atoms in total. The molecule has 1 amide bonds. The van der Waals surface area contributed by atoms with E-state index in [4.69, 9.17) is 28.6 Å². The number of benzene rings is 1. The number of carbonyl (C=O) groups is 1. The third kappa shape index (κ3) is 4.69. The smallest absolute Gasteiger partial charge is 0.231 e. The third-order valence-corrected chi connectivity index (χ3v) is 2.76. The van der Waals surface area contributed by atoms with Crippen molar-refractivity contribution in [1.82, 2.24) is 5.32 Å². The molecule has 0 fully saturated rings. The van der Waals surface area contributed by atoms with Gasteiger partial charge in [0.05, 0.1) is 12.8 Å². The number of thiocarbonyl (C=S) groups is 1. The molecule has 0 saturated heterocycles. The fraction of sp³-hybridized carbons (Fsp3) is 0.385. The number of hydrogen-bond acceptors (Lipinski definition) is 3. The van der Waals surface area contributed by atoms with Crippen LogP contribution in [0.25, 0.3) is 0 Å². The van der Waals surface area contributed by atoms with E-state index in [-0.39, 0.29) is 11.0 Å². The van der Waals surface area contributed by atoms with Crippen molar-refractivity contribution in [3.05, 3.63) is 23.2 Å². The Balaban J connectivity index is 2.77. The number of carbonyl (C=O) groups excluding carboxylic acids is 1. The average Bonchev–Trinajstić information content (AvgIpc) is 2.27. The molecule has 1 aromatic carbocycles. The van der Waals surface area contributed by atoms with Crippen molar-refractivity contribution in [2.45, 2.75) is 20.8 Å². The maximum atomic E-state index is 11.8. The summed E-state index contributed by atoms with van der Waals surface area (Å²) in [6.07, 6.45) is 0. The summed E-state index contributed by atoms with van der Waals surface area (Å²) >= 11 is 11.0. The molecule has 0 spiro atoms. The summed E-state index contributed by atoms with van der Waals surface area (Å²) in [5.74, 6) is 0.433. The summed E-state index contributed by atoms with van der Waals surface area (Å²) in [6.45, 7) is 5.43. The van der Waals surface area contributed by atoms with Crippen LogP contribution in [-0.4, -0.2) is 18.1 Å². The number of anilines is 1. The van der Waals surface area contributed by atoms with Gasteiger partial charge in [0.1, 0.15) is 5.75 Å². The fourth-order valence-electron chi connectivity index (χ4n) is 1.22. The molecule has 1 rings (SSSR count). The van der Waals surface area contributed by atoms with E-state index in [9.17, 15) is 4.79 Å². The van der Waals surface area contributed by atoms with Crippen LogP contribution in [0.15, 0.2) is 18.2 Å². The molecule has 0 bridgehead atoms. The van der Waals surface area contributed by atoms with E-state index in [0.717, 1.165) is 0 Å². The lowest BCUT2D eigenvalue weighted by atomic mass is 9.96. The molecule has 104 valence electrons. The van der Waals surface area contributed by atoms with Crippen LogP contribution in [0.1, 0.15) is 20.8 Å². The first-order chi connectivity index (χ1) is 8.74. The minimum Gasteiger partial charge on any atom is -0.495 e. The first kappa shape index (κ1) is 15.7. The number of nitrogens with one attached hydrogen (secondary N) is 2. The second-order valence-electron chi connectivity index (χ2n) is 5.00. The molecular formula is C13H17ClN2O2S. The average molecular weight is 301 g/mol. The second kappa shape index (κ2) is 6.21. The van der Waals surface area contributed by atoms with Crippen molar-refractivity contribution in [2.24, 2.45) is 5.41 Å². The summed E-state index contributed by atoms with van der Waals surface area (Å²) in [5.41, 5.74) is 0.0960. The van der Waals surface area contributed by atoms with E-state index in [0.29, 0.717) is 16.5 Å². The van der Waals surface area contributed by atoms with Crippen molar-refractivity contribution < 1.29 is 9.53 Å². The van der Waals surface area contributed by atoms with Gasteiger partial charge in [-0.2, -0.15) is 0 Å². The zero-order chi connectivity index (χ0) is 14.6. The highest BCUT2D eigenvalue weighted by atomic mass is 35.5. The Labute approximate surface area is 123 Å². The van der Waals surface area contributed by atoms with Gasteiger partial charge in [-0.05, 0) is 30.4 Å². The van der Waals surface area contributed by atoms with Gasteiger partial charge in [-0.1, -0.05) is 32.4 Å². The Morgan fingerprint density at radius 1 is 1.37 bits per heavy atom. The number of methoxy groups -OCH3 is 1. The topological polar surface area (TPSA) is 50.4 Å². The zero-order valence-corrected chi connectivity index (χ0v) is 12.9. The number of rotatable bonds is 2. The largest absolute Gasteiger partial charge is 0.495 e. The maximum absolute atomic E-state index is 11.8. The van der Waals surface area contributed by atoms with Crippen LogP contribution < -0.4 is 15.4 Å². The van der Waals surface area contributed by atoms with Crippen molar-refractivity contribution in [2.75, 3.05) is 12.4 Å². The lowest BCUT2D eigenvalue weighted by molar-refractivity contribution is -0.126. The van der Waals surface area contributed by atoms with Gasteiger partial charge >= 0.3 is 0 Å². The van der Waals surface area contributed by atoms with Crippen molar-refractivity contribution in [3.63, 3.8) is 0 Å². The van der Waals surface area contributed by atoms with Crippen molar-refractivity contribution >= 4 is 40.5 Å². The normalized spacial score (nSPS) is 10.8. The fourth-order valence-corrected chi connectivity index (χ4v) is 1.60. The van der Waals surface area contributed by atoms with Gasteiger partial charge in [0.15, 0.2) is 5.11 Å². The Morgan fingerprint density at radius 2 is 2.00 bits per heavy atom. The van der Waals surface area contributed by atoms with Crippen LogP contribution in [0.3, 0.4) is 0 Å². The first-order valence-corrected chi connectivity index (χ1v) is 6.48. The molecule has 19 heavy (non-hydrogen) atoms. The minimum absolute atomic E-state index is 0.161. The van der Waals surface area contributed by atoms with E-state index in [1.165, 1.54) is 0 Å². The highest BCUT2D eigenvalue weighted by molar-refractivity contribution is 7.80. The standard InChI is InChI=1S/C13H17ClN2O2S/c1-13(2,3)11(17)16-12(19)15-9-7-8(14)5-6-10(9)18-4/h5-7H,1-4H3,(H2,15,16,17,19). The number of hydrogen-bond donors (Lipinski definition) is 2. The quantitative estimate of drug-likeness (QED) is 0.824. The maximum Gasteiger partial charge on any atom is 0.231 e. The second-order valence-corrected chi connectivity index (χ2v) is 5.85. The van der Waals surface area contributed by atoms with E-state index < -0.39 is 5.41 Å².